The van der Waals surface area contributed by atoms with Gasteiger partial charge in [-0.3, -0.25) is 10.1 Å². The fourth-order valence-electron chi connectivity index (χ4n) is 9.57. The Hall–Kier alpha value is 0.481. The third-order valence-corrected chi connectivity index (χ3v) is 30.3. The van der Waals surface area contributed by atoms with Gasteiger partial charge in [-0.25, -0.2) is 0 Å². The van der Waals surface area contributed by atoms with Gasteiger partial charge >= 0.3 is 6.10 Å². The molecule has 0 atom stereocenters. The lowest BCUT2D eigenvalue weighted by Crippen LogP contribution is -2.72. The molecule has 0 spiro atoms. The smallest absolute Gasteiger partial charge is 0.348 e. The second kappa shape index (κ2) is 21.9. The molecule has 0 aromatic carbocycles. The van der Waals surface area contributed by atoms with Crippen molar-refractivity contribution in [2.24, 2.45) is 0 Å². The largest absolute Gasteiger partial charge is 0.352 e. The number of carbonyl (C=O) groups excluding carboxylic acids is 1. The minimum Gasteiger partial charge on any atom is -0.352 e. The van der Waals surface area contributed by atoms with Crippen molar-refractivity contribution < 1.29 is 18.1 Å². The zero-order valence-corrected chi connectivity index (χ0v) is 39.9. The van der Waals surface area contributed by atoms with E-state index in [0.717, 1.165) is 18.2 Å². The van der Waals surface area contributed by atoms with Crippen LogP contribution in [0.25, 0.3) is 0 Å². The monoisotopic (exact) mass is 793 g/mol. The van der Waals surface area contributed by atoms with Crippen LogP contribution in [0.1, 0.15) is 182 Å². The van der Waals surface area contributed by atoms with E-state index in [2.05, 4.69) is 146 Å². The van der Waals surface area contributed by atoms with Crippen molar-refractivity contribution >= 4 is 46.8 Å². The normalized spacial score (nSPS) is 14.1. The summed E-state index contributed by atoms with van der Waals surface area (Å²) in [5.41, 5.74) is 2.72. The topological polar surface area (TPSA) is 56.8 Å². The van der Waals surface area contributed by atoms with E-state index in [1.807, 2.05) is 0 Å². The molecule has 288 valence electrons. The summed E-state index contributed by atoms with van der Waals surface area (Å²) in [6, 6.07) is 0. The third-order valence-electron chi connectivity index (χ3n) is 11.6. The summed E-state index contributed by atoms with van der Waals surface area (Å²) < 4.78 is 23.4. The van der Waals surface area contributed by atoms with E-state index >= 15 is 0 Å². The number of hydrogen-bond acceptors (Lipinski definition) is 4. The van der Waals surface area contributed by atoms with Gasteiger partial charge in [-0.2, -0.15) is 0 Å². The van der Waals surface area contributed by atoms with Crippen molar-refractivity contribution in [1.29, 1.82) is 0 Å². The molecule has 0 saturated carbocycles. The van der Waals surface area contributed by atoms with Crippen molar-refractivity contribution in [2.75, 3.05) is 5.33 Å². The van der Waals surface area contributed by atoms with E-state index in [1.54, 1.807) is 0 Å². The lowest BCUT2D eigenvalue weighted by molar-refractivity contribution is -0.294. The van der Waals surface area contributed by atoms with Crippen LogP contribution in [0.4, 0.5) is 0 Å². The Bertz CT molecular complexity index is 744. The van der Waals surface area contributed by atoms with Gasteiger partial charge in [0.15, 0.2) is 0 Å². The van der Waals surface area contributed by atoms with Gasteiger partial charge in [0, 0.05) is 11.8 Å². The first-order valence-corrected chi connectivity index (χ1v) is 27.6. The molecule has 0 aliphatic rings. The van der Waals surface area contributed by atoms with Crippen molar-refractivity contribution in [3.8, 4) is 0 Å². The van der Waals surface area contributed by atoms with Crippen LogP contribution in [-0.2, 0) is 18.1 Å². The number of rotatable bonds is 26. The number of alkyl halides is 1. The van der Waals surface area contributed by atoms with Crippen LogP contribution in [0.5, 0.6) is 0 Å². The van der Waals surface area contributed by atoms with Gasteiger partial charge in [-0.1, -0.05) is 179 Å². The predicted octanol–water partition coefficient (Wildman–Crippen LogP) is 14.2. The maximum Gasteiger partial charge on any atom is 0.348 e. The molecule has 0 aromatic heterocycles. The minimum absolute atomic E-state index is 0.00942. The zero-order chi connectivity index (χ0) is 37.7. The molecule has 0 fully saturated rings. The molecule has 0 unspecified atom stereocenters. The highest BCUT2D eigenvalue weighted by molar-refractivity contribution is 9.09. The summed E-state index contributed by atoms with van der Waals surface area (Å²) in [5.74, 6) is -0.00942. The molecule has 1 N–H and O–H groups in total. The molecule has 0 aliphatic carbocycles. The molecule has 5 nitrogen and oxygen atoms in total. The average molecular weight is 795 g/mol. The second-order valence-electron chi connectivity index (χ2n) is 17.6. The standard InChI is InChI=1S/C39H84BrNO4Si3/c1-29(2)46(30(3)4,31(5)6)43-39(44-47(32(7)8,33(9)10)34(11)12,45-48(35(13)14,36(15)16)37(17)18)41-38(42)27-25-23-21-19-20-22-24-26-28-40/h29-37H,19-28H2,1-18H3,(H,41,42). The van der Waals surface area contributed by atoms with Crippen LogP contribution in [0.2, 0.25) is 49.9 Å². The van der Waals surface area contributed by atoms with Crippen molar-refractivity contribution in [3.05, 3.63) is 0 Å². The van der Waals surface area contributed by atoms with Crippen LogP contribution in [0.3, 0.4) is 0 Å². The molecular formula is C39H84BrNO4Si3. The number of halogens is 1. The van der Waals surface area contributed by atoms with Crippen LogP contribution in [-0.4, -0.2) is 42.3 Å². The van der Waals surface area contributed by atoms with Crippen LogP contribution < -0.4 is 5.32 Å². The Morgan fingerprint density at radius 3 is 0.917 bits per heavy atom. The number of amides is 1. The third kappa shape index (κ3) is 12.3. The molecule has 48 heavy (non-hydrogen) atoms. The minimum atomic E-state index is -2.62. The predicted molar refractivity (Wildman–Crippen MR) is 223 cm³/mol. The van der Waals surface area contributed by atoms with E-state index in [4.69, 9.17) is 13.3 Å². The summed E-state index contributed by atoms with van der Waals surface area (Å²) >= 11 is 3.54. The first kappa shape index (κ1) is 48.5. The highest BCUT2D eigenvalue weighted by Gasteiger charge is 2.62. The lowest BCUT2D eigenvalue weighted by atomic mass is 10.1. The Morgan fingerprint density at radius 1 is 0.458 bits per heavy atom. The molecular weight excluding hydrogens is 711 g/mol. The van der Waals surface area contributed by atoms with Gasteiger partial charge in [0.05, 0.1) is 0 Å². The fourth-order valence-corrected chi connectivity index (χ4v) is 26.1. The molecule has 0 bridgehead atoms. The van der Waals surface area contributed by atoms with Crippen LogP contribution >= 0.6 is 15.9 Å². The van der Waals surface area contributed by atoms with Gasteiger partial charge in [0.1, 0.15) is 0 Å². The molecule has 0 aliphatic heterocycles. The quantitative estimate of drug-likeness (QED) is 0.0410. The van der Waals surface area contributed by atoms with Gasteiger partial charge < -0.3 is 13.3 Å². The number of unbranched alkanes of at least 4 members (excludes halogenated alkanes) is 7. The van der Waals surface area contributed by atoms with Gasteiger partial charge in [0.25, 0.3) is 0 Å². The summed E-state index contributed by atoms with van der Waals surface area (Å²) in [7, 11) is -7.87. The van der Waals surface area contributed by atoms with E-state index in [9.17, 15) is 4.79 Å². The second-order valence-corrected chi connectivity index (χ2v) is 34.5. The average Bonchev–Trinajstić information content (AvgIpc) is 2.94. The van der Waals surface area contributed by atoms with E-state index in [-0.39, 0.29) is 5.91 Å². The number of nitrogens with one attached hydrogen (secondary N) is 1. The first-order valence-electron chi connectivity index (χ1n) is 20.0. The summed E-state index contributed by atoms with van der Waals surface area (Å²) in [6.07, 6.45) is 8.32. The summed E-state index contributed by atoms with van der Waals surface area (Å²) in [5, 5.41) is 4.61. The van der Waals surface area contributed by atoms with Crippen molar-refractivity contribution in [2.45, 2.75) is 238 Å². The summed E-state index contributed by atoms with van der Waals surface area (Å²) in [6.45, 7) is 41.7. The highest BCUT2D eigenvalue weighted by Crippen LogP contribution is 2.52. The fraction of sp³-hybridized carbons (Fsp3) is 0.974. The highest BCUT2D eigenvalue weighted by atomic mass is 79.9. The molecule has 0 aromatic rings. The molecule has 0 radical (unpaired) electrons. The molecule has 0 saturated heterocycles. The van der Waals surface area contributed by atoms with E-state index in [0.29, 0.717) is 56.3 Å². The van der Waals surface area contributed by atoms with Gasteiger partial charge in [-0.15, -0.1) is 0 Å². The molecule has 9 heteroatoms. The Balaban J connectivity index is 7.36. The van der Waals surface area contributed by atoms with Crippen LogP contribution in [0.15, 0.2) is 0 Å². The van der Waals surface area contributed by atoms with Crippen molar-refractivity contribution in [1.82, 2.24) is 5.32 Å². The van der Waals surface area contributed by atoms with Gasteiger partial charge in [-0.05, 0) is 62.7 Å². The van der Waals surface area contributed by atoms with Gasteiger partial charge in [0.2, 0.25) is 30.9 Å². The Morgan fingerprint density at radius 2 is 0.688 bits per heavy atom. The number of carbonyl (C=O) groups is 1. The first-order chi connectivity index (χ1) is 22.1. The zero-order valence-electron chi connectivity index (χ0n) is 35.3. The SMILES string of the molecule is CC(C)[Si](OC(NC(=O)CCCCCCCCCCBr)(O[Si](C(C)C)(C(C)C)C(C)C)O[Si](C(C)C)(C(C)C)C(C)C)(C(C)C)C(C)C. The Kier molecular flexibility index (Phi) is 22.1. The Labute approximate surface area is 312 Å². The van der Waals surface area contributed by atoms with E-state index < -0.39 is 31.0 Å². The van der Waals surface area contributed by atoms with Crippen LogP contribution in [0, 0.1) is 0 Å². The lowest BCUT2D eigenvalue weighted by Gasteiger charge is -2.57. The van der Waals surface area contributed by atoms with Crippen molar-refractivity contribution in [3.63, 3.8) is 0 Å². The maximum atomic E-state index is 14.3. The molecule has 1 amide bonds. The molecule has 0 rings (SSSR count). The maximum absolute atomic E-state index is 14.3. The molecule has 0 heterocycles. The number of hydrogen-bond donors (Lipinski definition) is 1. The summed E-state index contributed by atoms with van der Waals surface area (Å²) in [4.78, 5) is 14.3. The van der Waals surface area contributed by atoms with E-state index in [1.165, 1.54) is 38.5 Å².